The van der Waals surface area contributed by atoms with Gasteiger partial charge < -0.3 is 9.64 Å². The number of likely N-dealkylation sites (tertiary alicyclic amines) is 1. The van der Waals surface area contributed by atoms with E-state index in [0.717, 1.165) is 5.56 Å². The molecular weight excluding hydrogens is 378 g/mol. The summed E-state index contributed by atoms with van der Waals surface area (Å²) in [5.74, 6) is -0.431. The van der Waals surface area contributed by atoms with Crippen LogP contribution in [0.3, 0.4) is 0 Å². The van der Waals surface area contributed by atoms with E-state index in [-0.39, 0.29) is 17.8 Å². The lowest BCUT2D eigenvalue weighted by atomic mass is 9.96. The summed E-state index contributed by atoms with van der Waals surface area (Å²) in [5.41, 5.74) is 3.33. The number of carbonyl (C=O) groups excluding carboxylic acids is 2. The van der Waals surface area contributed by atoms with Crippen LogP contribution in [0.4, 0.5) is 0 Å². The van der Waals surface area contributed by atoms with E-state index < -0.39 is 0 Å². The Bertz CT molecular complexity index is 853. The van der Waals surface area contributed by atoms with Gasteiger partial charge in [0.15, 0.2) is 0 Å². The van der Waals surface area contributed by atoms with Crippen LogP contribution in [-0.2, 0) is 16.1 Å². The van der Waals surface area contributed by atoms with Crippen LogP contribution in [0, 0.1) is 19.8 Å². The van der Waals surface area contributed by atoms with Gasteiger partial charge >= 0.3 is 5.97 Å². The van der Waals surface area contributed by atoms with E-state index in [1.165, 1.54) is 5.56 Å². The fourth-order valence-electron chi connectivity index (χ4n) is 3.50. The summed E-state index contributed by atoms with van der Waals surface area (Å²) in [5, 5.41) is 4.83. The SMILES string of the molecule is CCOC(=O)C1CCN(C(=O)c2c(C)nn(Cc3ccc(C)cc3)c2Cl)CC1. The molecule has 1 aliphatic heterocycles. The molecule has 0 radical (unpaired) electrons. The normalized spacial score (nSPS) is 14.9. The highest BCUT2D eigenvalue weighted by Gasteiger charge is 2.31. The van der Waals surface area contributed by atoms with Crippen LogP contribution < -0.4 is 0 Å². The fraction of sp³-hybridized carbons (Fsp3) is 0.476. The number of hydrogen-bond donors (Lipinski definition) is 0. The van der Waals surface area contributed by atoms with E-state index in [0.29, 0.717) is 55.5 Å². The zero-order chi connectivity index (χ0) is 20.3. The minimum Gasteiger partial charge on any atom is -0.466 e. The highest BCUT2D eigenvalue weighted by Crippen LogP contribution is 2.26. The van der Waals surface area contributed by atoms with Gasteiger partial charge in [0.2, 0.25) is 0 Å². The molecule has 150 valence electrons. The highest BCUT2D eigenvalue weighted by molar-refractivity contribution is 6.33. The third-order valence-electron chi connectivity index (χ3n) is 5.13. The van der Waals surface area contributed by atoms with E-state index in [2.05, 4.69) is 5.10 Å². The van der Waals surface area contributed by atoms with E-state index >= 15 is 0 Å². The van der Waals surface area contributed by atoms with Crippen molar-refractivity contribution in [1.82, 2.24) is 14.7 Å². The maximum absolute atomic E-state index is 13.0. The lowest BCUT2D eigenvalue weighted by Crippen LogP contribution is -2.40. The van der Waals surface area contributed by atoms with Crippen molar-refractivity contribution in [3.05, 3.63) is 51.8 Å². The van der Waals surface area contributed by atoms with Gasteiger partial charge in [-0.05, 0) is 39.2 Å². The van der Waals surface area contributed by atoms with Crippen LogP contribution in [0.15, 0.2) is 24.3 Å². The molecule has 0 saturated carbocycles. The molecule has 0 aliphatic carbocycles. The predicted octanol–water partition coefficient (Wildman–Crippen LogP) is 3.62. The summed E-state index contributed by atoms with van der Waals surface area (Å²) in [6, 6.07) is 8.15. The number of nitrogens with zero attached hydrogens (tertiary/aromatic N) is 3. The first-order valence-electron chi connectivity index (χ1n) is 9.65. The van der Waals surface area contributed by atoms with Crippen LogP contribution in [0.5, 0.6) is 0 Å². The predicted molar refractivity (Wildman–Crippen MR) is 108 cm³/mol. The minimum atomic E-state index is -0.172. The first-order valence-corrected chi connectivity index (χ1v) is 10.0. The Labute approximate surface area is 170 Å². The minimum absolute atomic E-state index is 0.125. The van der Waals surface area contributed by atoms with Gasteiger partial charge in [0.25, 0.3) is 5.91 Å². The first kappa shape index (κ1) is 20.4. The Morgan fingerprint density at radius 2 is 1.82 bits per heavy atom. The third kappa shape index (κ3) is 4.38. The molecule has 2 aromatic rings. The van der Waals surface area contributed by atoms with Crippen molar-refractivity contribution in [2.24, 2.45) is 5.92 Å². The Hall–Kier alpha value is -2.34. The number of rotatable bonds is 5. The monoisotopic (exact) mass is 403 g/mol. The molecule has 0 spiro atoms. The maximum atomic E-state index is 13.0. The zero-order valence-electron chi connectivity index (χ0n) is 16.6. The molecule has 0 N–H and O–H groups in total. The zero-order valence-corrected chi connectivity index (χ0v) is 17.3. The molecule has 1 amide bonds. The number of carbonyl (C=O) groups is 2. The first-order chi connectivity index (χ1) is 13.4. The van der Waals surface area contributed by atoms with Crippen LogP contribution in [0.2, 0.25) is 5.15 Å². The van der Waals surface area contributed by atoms with Crippen LogP contribution in [0.25, 0.3) is 0 Å². The van der Waals surface area contributed by atoms with E-state index in [4.69, 9.17) is 16.3 Å². The Kier molecular flexibility index (Phi) is 6.39. The lowest BCUT2D eigenvalue weighted by molar-refractivity contribution is -0.149. The molecule has 1 aromatic carbocycles. The van der Waals surface area contributed by atoms with Gasteiger partial charge in [0, 0.05) is 13.1 Å². The summed E-state index contributed by atoms with van der Waals surface area (Å²) in [7, 11) is 0. The number of benzene rings is 1. The third-order valence-corrected chi connectivity index (χ3v) is 5.52. The molecule has 7 heteroatoms. The summed E-state index contributed by atoms with van der Waals surface area (Å²) < 4.78 is 6.76. The van der Waals surface area contributed by atoms with Crippen molar-refractivity contribution in [2.45, 2.75) is 40.2 Å². The number of esters is 1. The fourth-order valence-corrected chi connectivity index (χ4v) is 3.82. The van der Waals surface area contributed by atoms with Gasteiger partial charge in [-0.15, -0.1) is 0 Å². The Morgan fingerprint density at radius 1 is 1.18 bits per heavy atom. The van der Waals surface area contributed by atoms with Gasteiger partial charge in [-0.3, -0.25) is 9.59 Å². The standard InChI is InChI=1S/C21H26ClN3O3/c1-4-28-21(27)17-9-11-24(12-10-17)20(26)18-15(3)23-25(19(18)22)13-16-7-5-14(2)6-8-16/h5-8,17H,4,9-13H2,1-3H3. The van der Waals surface area contributed by atoms with Crippen molar-refractivity contribution < 1.29 is 14.3 Å². The summed E-state index contributed by atoms with van der Waals surface area (Å²) in [6.45, 7) is 7.57. The maximum Gasteiger partial charge on any atom is 0.309 e. The molecule has 1 aliphatic rings. The average Bonchev–Trinajstić information content (AvgIpc) is 2.96. The van der Waals surface area contributed by atoms with E-state index in [1.54, 1.807) is 23.4 Å². The second-order valence-corrected chi connectivity index (χ2v) is 7.57. The molecule has 28 heavy (non-hydrogen) atoms. The number of piperidine rings is 1. The molecule has 2 heterocycles. The summed E-state index contributed by atoms with van der Waals surface area (Å²) >= 11 is 6.52. The van der Waals surface area contributed by atoms with Gasteiger partial charge in [-0.25, -0.2) is 4.68 Å². The molecule has 6 nitrogen and oxygen atoms in total. The smallest absolute Gasteiger partial charge is 0.309 e. The van der Waals surface area contributed by atoms with Gasteiger partial charge in [0.1, 0.15) is 5.15 Å². The molecular formula is C21H26ClN3O3. The molecule has 1 aromatic heterocycles. The quantitative estimate of drug-likeness (QED) is 0.715. The number of amides is 1. The highest BCUT2D eigenvalue weighted by atomic mass is 35.5. The average molecular weight is 404 g/mol. The molecule has 1 fully saturated rings. The van der Waals surface area contributed by atoms with E-state index in [9.17, 15) is 9.59 Å². The summed E-state index contributed by atoms with van der Waals surface area (Å²) in [6.07, 6.45) is 1.22. The Balaban J connectivity index is 1.70. The van der Waals surface area contributed by atoms with Gasteiger partial charge in [-0.2, -0.15) is 5.10 Å². The number of aryl methyl sites for hydroxylation is 2. The molecule has 0 atom stereocenters. The van der Waals surface area contributed by atoms with Crippen LogP contribution in [0.1, 0.15) is 46.9 Å². The number of halogens is 1. The van der Waals surface area contributed by atoms with Crippen molar-refractivity contribution >= 4 is 23.5 Å². The topological polar surface area (TPSA) is 64.4 Å². The molecule has 0 unspecified atom stereocenters. The largest absolute Gasteiger partial charge is 0.466 e. The van der Waals surface area contributed by atoms with Gasteiger partial charge in [-0.1, -0.05) is 41.4 Å². The van der Waals surface area contributed by atoms with Crippen LogP contribution in [-0.4, -0.2) is 46.3 Å². The number of hydrogen-bond acceptors (Lipinski definition) is 4. The van der Waals surface area contributed by atoms with Crippen molar-refractivity contribution in [3.8, 4) is 0 Å². The van der Waals surface area contributed by atoms with Crippen molar-refractivity contribution in [3.63, 3.8) is 0 Å². The van der Waals surface area contributed by atoms with Crippen molar-refractivity contribution in [1.29, 1.82) is 0 Å². The van der Waals surface area contributed by atoms with Crippen molar-refractivity contribution in [2.75, 3.05) is 19.7 Å². The van der Waals surface area contributed by atoms with E-state index in [1.807, 2.05) is 31.2 Å². The molecule has 3 rings (SSSR count). The lowest BCUT2D eigenvalue weighted by Gasteiger charge is -2.30. The molecule has 0 bridgehead atoms. The van der Waals surface area contributed by atoms with Gasteiger partial charge in [0.05, 0.1) is 30.3 Å². The molecule has 1 saturated heterocycles. The number of aromatic nitrogens is 2. The second kappa shape index (κ2) is 8.78. The number of ether oxygens (including phenoxy) is 1. The Morgan fingerprint density at radius 3 is 2.43 bits per heavy atom. The summed E-state index contributed by atoms with van der Waals surface area (Å²) in [4.78, 5) is 26.7. The second-order valence-electron chi connectivity index (χ2n) is 7.21. The van der Waals surface area contributed by atoms with Crippen LogP contribution >= 0.6 is 11.6 Å².